The van der Waals surface area contributed by atoms with E-state index in [0.29, 0.717) is 6.42 Å². The summed E-state index contributed by atoms with van der Waals surface area (Å²) in [6.45, 7) is 0.887. The number of nitrogens with zero attached hydrogens (tertiary/aromatic N) is 1. The largest absolute Gasteiger partial charge is 0.303 e. The van der Waals surface area contributed by atoms with Crippen LogP contribution in [-0.4, -0.2) is 30.3 Å². The van der Waals surface area contributed by atoms with Crippen LogP contribution in [0.2, 0.25) is 0 Å². The van der Waals surface area contributed by atoms with E-state index in [1.54, 1.807) is 0 Å². The molecular weight excluding hydrogens is 198 g/mol. The molecule has 1 aliphatic rings. The van der Waals surface area contributed by atoms with Crippen LogP contribution in [0, 0.1) is 0 Å². The van der Waals surface area contributed by atoms with Crippen molar-refractivity contribution in [2.24, 2.45) is 0 Å². The zero-order valence-corrected chi connectivity index (χ0v) is 9.86. The fourth-order valence-corrected chi connectivity index (χ4v) is 2.06. The van der Waals surface area contributed by atoms with Crippen LogP contribution in [0.5, 0.6) is 0 Å². The van der Waals surface area contributed by atoms with Gasteiger partial charge in [0.1, 0.15) is 0 Å². The first-order valence-corrected chi connectivity index (χ1v) is 6.06. The van der Waals surface area contributed by atoms with Crippen LogP contribution in [-0.2, 0) is 0 Å². The van der Waals surface area contributed by atoms with Crippen molar-refractivity contribution < 1.29 is 4.79 Å². The van der Waals surface area contributed by atoms with E-state index in [4.69, 9.17) is 0 Å². The maximum Gasteiger partial charge on any atom is 0.164 e. The minimum absolute atomic E-state index is 0.256. The van der Waals surface area contributed by atoms with Gasteiger partial charge in [-0.1, -0.05) is 36.8 Å². The number of hydrogen-bond acceptors (Lipinski definition) is 2. The summed E-state index contributed by atoms with van der Waals surface area (Å²) in [7, 11) is 2.13. The second-order valence-corrected chi connectivity index (χ2v) is 4.60. The summed E-state index contributed by atoms with van der Waals surface area (Å²) in [5.41, 5.74) is 0.838. The molecule has 2 rings (SSSR count). The second kappa shape index (κ2) is 5.26. The Morgan fingerprint density at radius 3 is 2.56 bits per heavy atom. The lowest BCUT2D eigenvalue weighted by Crippen LogP contribution is -2.38. The SMILES string of the molecule is CN(CCC(=O)c1ccccc1)C1CCC1. The maximum absolute atomic E-state index is 11.9. The first-order valence-electron chi connectivity index (χ1n) is 6.06. The Kier molecular flexibility index (Phi) is 3.73. The molecule has 1 aromatic carbocycles. The lowest BCUT2D eigenvalue weighted by Gasteiger charge is -2.34. The Morgan fingerprint density at radius 1 is 1.31 bits per heavy atom. The topological polar surface area (TPSA) is 20.3 Å². The number of Topliss-reactive ketones (excluding diaryl/α,β-unsaturated/α-hetero) is 1. The van der Waals surface area contributed by atoms with Gasteiger partial charge in [-0.05, 0) is 19.9 Å². The molecule has 1 aliphatic carbocycles. The normalized spacial score (nSPS) is 16.1. The molecule has 0 heterocycles. The summed E-state index contributed by atoms with van der Waals surface area (Å²) in [5.74, 6) is 0.256. The van der Waals surface area contributed by atoms with Gasteiger partial charge in [0, 0.05) is 24.6 Å². The van der Waals surface area contributed by atoms with Crippen LogP contribution < -0.4 is 0 Å². The van der Waals surface area contributed by atoms with E-state index in [1.165, 1.54) is 19.3 Å². The van der Waals surface area contributed by atoms with Crippen LogP contribution in [0.4, 0.5) is 0 Å². The summed E-state index contributed by atoms with van der Waals surface area (Å²) in [6, 6.07) is 10.3. The first-order chi connectivity index (χ1) is 7.77. The monoisotopic (exact) mass is 217 g/mol. The minimum atomic E-state index is 0.256. The predicted octanol–water partition coefficient (Wildman–Crippen LogP) is 2.74. The summed E-state index contributed by atoms with van der Waals surface area (Å²) >= 11 is 0. The number of hydrogen-bond donors (Lipinski definition) is 0. The Hall–Kier alpha value is -1.15. The van der Waals surface area contributed by atoms with Gasteiger partial charge in [0.15, 0.2) is 5.78 Å². The third-order valence-electron chi connectivity index (χ3n) is 3.49. The number of ketones is 1. The van der Waals surface area contributed by atoms with Crippen molar-refractivity contribution in [2.45, 2.75) is 31.7 Å². The Morgan fingerprint density at radius 2 is 2.00 bits per heavy atom. The Labute approximate surface area is 97.3 Å². The zero-order chi connectivity index (χ0) is 11.4. The van der Waals surface area contributed by atoms with Gasteiger partial charge in [0.05, 0.1) is 0 Å². The summed E-state index contributed by atoms with van der Waals surface area (Å²) < 4.78 is 0. The molecule has 0 spiro atoms. The predicted molar refractivity (Wildman–Crippen MR) is 65.7 cm³/mol. The van der Waals surface area contributed by atoms with Crippen molar-refractivity contribution in [1.29, 1.82) is 0 Å². The summed E-state index contributed by atoms with van der Waals surface area (Å²) in [4.78, 5) is 14.2. The number of carbonyl (C=O) groups excluding carboxylic acids is 1. The van der Waals surface area contributed by atoms with Crippen molar-refractivity contribution in [3.63, 3.8) is 0 Å². The lowest BCUT2D eigenvalue weighted by molar-refractivity contribution is 0.0939. The molecule has 0 atom stereocenters. The quantitative estimate of drug-likeness (QED) is 0.707. The third-order valence-corrected chi connectivity index (χ3v) is 3.49. The number of carbonyl (C=O) groups is 1. The van der Waals surface area contributed by atoms with Gasteiger partial charge in [-0.2, -0.15) is 0 Å². The van der Waals surface area contributed by atoms with Crippen molar-refractivity contribution in [3.8, 4) is 0 Å². The molecule has 86 valence electrons. The van der Waals surface area contributed by atoms with E-state index in [0.717, 1.165) is 18.2 Å². The maximum atomic E-state index is 11.9. The van der Waals surface area contributed by atoms with Crippen molar-refractivity contribution >= 4 is 5.78 Å². The highest BCUT2D eigenvalue weighted by molar-refractivity contribution is 5.96. The summed E-state index contributed by atoms with van der Waals surface area (Å²) in [6.07, 6.45) is 4.59. The lowest BCUT2D eigenvalue weighted by atomic mass is 9.91. The highest BCUT2D eigenvalue weighted by atomic mass is 16.1. The molecule has 1 fully saturated rings. The van der Waals surface area contributed by atoms with Gasteiger partial charge in [0.2, 0.25) is 0 Å². The number of benzene rings is 1. The van der Waals surface area contributed by atoms with E-state index >= 15 is 0 Å². The Bertz CT molecular complexity index is 343. The van der Waals surface area contributed by atoms with Crippen molar-refractivity contribution in [3.05, 3.63) is 35.9 Å². The third kappa shape index (κ3) is 2.70. The van der Waals surface area contributed by atoms with Crippen LogP contribution in [0.15, 0.2) is 30.3 Å². The van der Waals surface area contributed by atoms with Crippen molar-refractivity contribution in [1.82, 2.24) is 4.90 Å². The molecule has 1 saturated carbocycles. The van der Waals surface area contributed by atoms with Gasteiger partial charge < -0.3 is 4.90 Å². The molecule has 2 heteroatoms. The average molecular weight is 217 g/mol. The zero-order valence-electron chi connectivity index (χ0n) is 9.86. The fourth-order valence-electron chi connectivity index (χ4n) is 2.06. The molecule has 0 bridgehead atoms. The second-order valence-electron chi connectivity index (χ2n) is 4.60. The van der Waals surface area contributed by atoms with Gasteiger partial charge in [-0.25, -0.2) is 0 Å². The molecule has 0 N–H and O–H groups in total. The van der Waals surface area contributed by atoms with Crippen LogP contribution in [0.25, 0.3) is 0 Å². The average Bonchev–Trinajstić information content (AvgIpc) is 2.25. The van der Waals surface area contributed by atoms with Crippen molar-refractivity contribution in [2.75, 3.05) is 13.6 Å². The standard InChI is InChI=1S/C14H19NO/c1-15(13-8-5-9-13)11-10-14(16)12-6-3-2-4-7-12/h2-4,6-7,13H,5,8-11H2,1H3. The van der Waals surface area contributed by atoms with E-state index in [2.05, 4.69) is 11.9 Å². The van der Waals surface area contributed by atoms with E-state index in [1.807, 2.05) is 30.3 Å². The molecule has 0 unspecified atom stereocenters. The molecule has 1 aromatic rings. The molecule has 0 aliphatic heterocycles. The highest BCUT2D eigenvalue weighted by Gasteiger charge is 2.22. The smallest absolute Gasteiger partial charge is 0.164 e. The van der Waals surface area contributed by atoms with Gasteiger partial charge >= 0.3 is 0 Å². The highest BCUT2D eigenvalue weighted by Crippen LogP contribution is 2.23. The van der Waals surface area contributed by atoms with E-state index in [-0.39, 0.29) is 5.78 Å². The summed E-state index contributed by atoms with van der Waals surface area (Å²) in [5, 5.41) is 0. The van der Waals surface area contributed by atoms with E-state index < -0.39 is 0 Å². The Balaban J connectivity index is 1.79. The van der Waals surface area contributed by atoms with Crippen LogP contribution in [0.1, 0.15) is 36.0 Å². The fraction of sp³-hybridized carbons (Fsp3) is 0.500. The van der Waals surface area contributed by atoms with Gasteiger partial charge in [-0.15, -0.1) is 0 Å². The first kappa shape index (κ1) is 11.3. The molecule has 2 nitrogen and oxygen atoms in total. The van der Waals surface area contributed by atoms with Crippen LogP contribution in [0.3, 0.4) is 0 Å². The van der Waals surface area contributed by atoms with Gasteiger partial charge in [-0.3, -0.25) is 4.79 Å². The number of rotatable bonds is 5. The van der Waals surface area contributed by atoms with Crippen LogP contribution >= 0.6 is 0 Å². The van der Waals surface area contributed by atoms with Gasteiger partial charge in [0.25, 0.3) is 0 Å². The molecule has 16 heavy (non-hydrogen) atoms. The molecule has 0 saturated heterocycles. The molecule has 0 amide bonds. The minimum Gasteiger partial charge on any atom is -0.303 e. The van der Waals surface area contributed by atoms with E-state index in [9.17, 15) is 4.79 Å². The molecular formula is C14H19NO. The molecule has 0 radical (unpaired) electrons. The molecule has 0 aromatic heterocycles.